The fourth-order valence-electron chi connectivity index (χ4n) is 3.97. The van der Waals surface area contributed by atoms with Gasteiger partial charge >= 0.3 is 5.97 Å². The normalized spacial score (nSPS) is 12.1. The van der Waals surface area contributed by atoms with Crippen LogP contribution in [0.4, 0.5) is 0 Å². The van der Waals surface area contributed by atoms with Crippen molar-refractivity contribution in [3.05, 3.63) is 124 Å². The van der Waals surface area contributed by atoms with Gasteiger partial charge in [-0.25, -0.2) is 10.2 Å². The Hall–Kier alpha value is -5.61. The number of esters is 1. The zero-order valence-electron chi connectivity index (χ0n) is 22.7. The second-order valence-corrected chi connectivity index (χ2v) is 9.38. The number of carbonyl (C=O) groups is 3. The predicted molar refractivity (Wildman–Crippen MR) is 160 cm³/mol. The highest BCUT2D eigenvalue weighted by Gasteiger charge is 2.18. The van der Waals surface area contributed by atoms with E-state index in [0.717, 1.165) is 0 Å². The van der Waals surface area contributed by atoms with Gasteiger partial charge in [0.15, 0.2) is 23.0 Å². The summed E-state index contributed by atoms with van der Waals surface area (Å²) < 4.78 is 21.6. The lowest BCUT2D eigenvalue weighted by Gasteiger charge is -2.11. The summed E-state index contributed by atoms with van der Waals surface area (Å²) in [6.45, 7) is 0.102. The Kier molecular flexibility index (Phi) is 8.99. The molecule has 5 rings (SSSR count). The number of amides is 2. The van der Waals surface area contributed by atoms with Crippen molar-refractivity contribution in [1.82, 2.24) is 10.7 Å². The average molecular weight is 598 g/mol. The molecule has 4 aromatic rings. The van der Waals surface area contributed by atoms with E-state index in [1.165, 1.54) is 25.5 Å². The zero-order valence-corrected chi connectivity index (χ0v) is 23.5. The van der Waals surface area contributed by atoms with Gasteiger partial charge in [0, 0.05) is 5.56 Å². The largest absolute Gasteiger partial charge is 0.493 e. The Morgan fingerprint density at radius 2 is 1.60 bits per heavy atom. The number of hydrazone groups is 1. The molecule has 0 radical (unpaired) electrons. The molecule has 2 N–H and O–H groups in total. The maximum Gasteiger partial charge on any atom is 0.345 e. The summed E-state index contributed by atoms with van der Waals surface area (Å²) in [5, 5.41) is 6.93. The van der Waals surface area contributed by atoms with Crippen LogP contribution in [-0.2, 0) is 4.79 Å². The van der Waals surface area contributed by atoms with E-state index < -0.39 is 17.8 Å². The molecule has 0 bridgehead atoms. The van der Waals surface area contributed by atoms with Crippen LogP contribution in [0, 0.1) is 0 Å². The lowest BCUT2D eigenvalue weighted by molar-refractivity contribution is -0.117. The Balaban J connectivity index is 1.31. The van der Waals surface area contributed by atoms with Crippen LogP contribution >= 0.6 is 11.6 Å². The van der Waals surface area contributed by atoms with E-state index in [1.54, 1.807) is 84.9 Å². The van der Waals surface area contributed by atoms with Gasteiger partial charge in [0.1, 0.15) is 5.70 Å². The van der Waals surface area contributed by atoms with Gasteiger partial charge in [-0.2, -0.15) is 5.10 Å². The van der Waals surface area contributed by atoms with Crippen molar-refractivity contribution in [3.8, 4) is 23.0 Å². The van der Waals surface area contributed by atoms with Crippen molar-refractivity contribution >= 4 is 41.7 Å². The molecule has 2 amide bonds. The molecule has 11 heteroatoms. The molecule has 0 saturated carbocycles. The molecule has 0 atom stereocenters. The van der Waals surface area contributed by atoms with Crippen LogP contribution in [0.25, 0.3) is 6.08 Å². The quantitative estimate of drug-likeness (QED) is 0.0891. The fourth-order valence-corrected chi connectivity index (χ4v) is 4.18. The van der Waals surface area contributed by atoms with Crippen LogP contribution in [0.2, 0.25) is 5.02 Å². The van der Waals surface area contributed by atoms with Crippen molar-refractivity contribution in [2.75, 3.05) is 13.9 Å². The summed E-state index contributed by atoms with van der Waals surface area (Å²) in [5.74, 6) is -0.247. The number of hydrogen-bond acceptors (Lipinski definition) is 8. The van der Waals surface area contributed by atoms with Gasteiger partial charge in [-0.05, 0) is 71.8 Å². The third-order valence-corrected chi connectivity index (χ3v) is 6.43. The SMILES string of the molecule is COc1cc(/C=N\NC(=O)/C(=C/c2ccc3c(c2)OCO3)NC(=O)c2ccccc2)ccc1OC(=O)c1ccccc1Cl. The standard InChI is InChI=1S/C32H24ClN3O7/c1-40-28-17-21(12-14-27(28)43-32(39)23-9-5-6-10-24(23)33)18-34-36-31(38)25(35-30(37)22-7-3-2-4-8-22)15-20-11-13-26-29(16-20)42-19-41-26/h2-18H,19H2,1H3,(H,35,37)(H,36,38)/b25-15-,34-18-. The number of nitrogens with one attached hydrogen (secondary N) is 2. The number of methoxy groups -OCH3 is 1. The molecule has 4 aromatic carbocycles. The summed E-state index contributed by atoms with van der Waals surface area (Å²) in [4.78, 5) is 38.6. The molecule has 0 fully saturated rings. The Bertz CT molecular complexity index is 1740. The van der Waals surface area contributed by atoms with E-state index in [2.05, 4.69) is 15.8 Å². The van der Waals surface area contributed by atoms with Gasteiger partial charge in [-0.3, -0.25) is 9.59 Å². The number of fused-ring (bicyclic) bond motifs is 1. The minimum Gasteiger partial charge on any atom is -0.493 e. The molecular weight excluding hydrogens is 574 g/mol. The van der Waals surface area contributed by atoms with E-state index in [1.807, 2.05) is 0 Å². The molecule has 0 spiro atoms. The Morgan fingerprint density at radius 3 is 2.40 bits per heavy atom. The van der Waals surface area contributed by atoms with Crippen molar-refractivity contribution in [3.63, 3.8) is 0 Å². The topological polar surface area (TPSA) is 125 Å². The summed E-state index contributed by atoms with van der Waals surface area (Å²) in [6, 6.07) is 24.9. The third-order valence-electron chi connectivity index (χ3n) is 6.10. The van der Waals surface area contributed by atoms with Crippen LogP contribution in [0.3, 0.4) is 0 Å². The zero-order chi connectivity index (χ0) is 30.2. The van der Waals surface area contributed by atoms with Gasteiger partial charge in [0.2, 0.25) is 6.79 Å². The molecule has 43 heavy (non-hydrogen) atoms. The van der Waals surface area contributed by atoms with Crippen molar-refractivity contribution in [2.45, 2.75) is 0 Å². The highest BCUT2D eigenvalue weighted by atomic mass is 35.5. The van der Waals surface area contributed by atoms with Gasteiger partial charge in [0.05, 0.1) is 23.9 Å². The first-order valence-corrected chi connectivity index (χ1v) is 13.2. The Morgan fingerprint density at radius 1 is 0.860 bits per heavy atom. The third kappa shape index (κ3) is 7.19. The Labute approximate surface area is 251 Å². The maximum absolute atomic E-state index is 13.1. The van der Waals surface area contributed by atoms with Gasteiger partial charge in [-0.1, -0.05) is 48.0 Å². The molecular formula is C32H24ClN3O7. The lowest BCUT2D eigenvalue weighted by Crippen LogP contribution is -2.32. The number of halogens is 1. The minimum absolute atomic E-state index is 0.0516. The summed E-state index contributed by atoms with van der Waals surface area (Å²) in [7, 11) is 1.42. The van der Waals surface area contributed by atoms with Crippen molar-refractivity contribution < 1.29 is 33.3 Å². The van der Waals surface area contributed by atoms with E-state index in [0.29, 0.717) is 28.2 Å². The monoisotopic (exact) mass is 597 g/mol. The van der Waals surface area contributed by atoms with Gasteiger partial charge < -0.3 is 24.3 Å². The molecule has 0 saturated heterocycles. The second-order valence-electron chi connectivity index (χ2n) is 8.97. The molecule has 216 valence electrons. The first-order chi connectivity index (χ1) is 20.9. The molecule has 10 nitrogen and oxygen atoms in total. The van der Waals surface area contributed by atoms with E-state index in [4.69, 9.17) is 30.5 Å². The molecule has 1 heterocycles. The molecule has 0 aliphatic carbocycles. The lowest BCUT2D eigenvalue weighted by atomic mass is 10.1. The average Bonchev–Trinajstić information content (AvgIpc) is 3.50. The number of carbonyl (C=O) groups excluding carboxylic acids is 3. The molecule has 1 aliphatic rings. The summed E-state index contributed by atoms with van der Waals surface area (Å²) >= 11 is 6.09. The smallest absolute Gasteiger partial charge is 0.345 e. The number of ether oxygens (including phenoxy) is 4. The second kappa shape index (κ2) is 13.4. The van der Waals surface area contributed by atoms with Crippen LogP contribution in [0.5, 0.6) is 23.0 Å². The van der Waals surface area contributed by atoms with E-state index >= 15 is 0 Å². The number of benzene rings is 4. The molecule has 1 aliphatic heterocycles. The van der Waals surface area contributed by atoms with Crippen LogP contribution in [0.1, 0.15) is 31.8 Å². The first kappa shape index (κ1) is 28.9. The predicted octanol–water partition coefficient (Wildman–Crippen LogP) is 5.22. The van der Waals surface area contributed by atoms with Crippen molar-refractivity contribution in [1.29, 1.82) is 0 Å². The fraction of sp³-hybridized carbons (Fsp3) is 0.0625. The highest BCUT2D eigenvalue weighted by molar-refractivity contribution is 6.33. The van der Waals surface area contributed by atoms with Crippen LogP contribution in [0.15, 0.2) is 102 Å². The van der Waals surface area contributed by atoms with Crippen LogP contribution < -0.4 is 29.7 Å². The minimum atomic E-state index is -0.671. The molecule has 0 aromatic heterocycles. The number of rotatable bonds is 9. The van der Waals surface area contributed by atoms with E-state index in [9.17, 15) is 14.4 Å². The number of hydrogen-bond donors (Lipinski definition) is 2. The molecule has 0 unspecified atom stereocenters. The van der Waals surface area contributed by atoms with Crippen LogP contribution in [-0.4, -0.2) is 37.9 Å². The summed E-state index contributed by atoms with van der Waals surface area (Å²) in [5.41, 5.74) is 4.08. The summed E-state index contributed by atoms with van der Waals surface area (Å²) in [6.07, 6.45) is 2.87. The van der Waals surface area contributed by atoms with Crippen molar-refractivity contribution in [2.24, 2.45) is 5.10 Å². The maximum atomic E-state index is 13.1. The first-order valence-electron chi connectivity index (χ1n) is 12.9. The van der Waals surface area contributed by atoms with Gasteiger partial charge in [-0.15, -0.1) is 0 Å². The number of nitrogens with zero attached hydrogens (tertiary/aromatic N) is 1. The van der Waals surface area contributed by atoms with Gasteiger partial charge in [0.25, 0.3) is 11.8 Å². The van der Waals surface area contributed by atoms with E-state index in [-0.39, 0.29) is 34.6 Å². The highest BCUT2D eigenvalue weighted by Crippen LogP contribution is 2.33.